The van der Waals surface area contributed by atoms with Crippen molar-refractivity contribution >= 4 is 11.9 Å². The van der Waals surface area contributed by atoms with Crippen molar-refractivity contribution in [3.63, 3.8) is 0 Å². The standard InChI is InChI=1S/C26H35N3O4/c1-3-28-22(31)25(29(4-2)23(28)32)9-10-26(33)21-13-18-7-8-19(30)14-20(18)24(26,16-25)11-12-27(21)15-17-5-6-17/h7-8,14,17,21,30,33H,3-6,9-13,15-16H2,1-2H3/t21-,24-,25+,26-/m1/s1. The summed E-state index contributed by atoms with van der Waals surface area (Å²) in [4.78, 5) is 32.6. The number of benzene rings is 1. The Hall–Kier alpha value is -2.12. The molecular weight excluding hydrogens is 418 g/mol. The van der Waals surface area contributed by atoms with Crippen molar-refractivity contribution < 1.29 is 19.8 Å². The Bertz CT molecular complexity index is 1020. The lowest BCUT2D eigenvalue weighted by atomic mass is 9.46. The number of carbonyl (C=O) groups is 2. The maximum absolute atomic E-state index is 13.7. The van der Waals surface area contributed by atoms with Crippen molar-refractivity contribution in [3.05, 3.63) is 29.3 Å². The van der Waals surface area contributed by atoms with Gasteiger partial charge in [0.15, 0.2) is 0 Å². The largest absolute Gasteiger partial charge is 0.508 e. The molecular formula is C26H35N3O4. The van der Waals surface area contributed by atoms with E-state index >= 15 is 0 Å². The van der Waals surface area contributed by atoms with Crippen molar-refractivity contribution in [2.24, 2.45) is 5.92 Å². The molecule has 0 aromatic heterocycles. The van der Waals surface area contributed by atoms with Crippen molar-refractivity contribution in [2.75, 3.05) is 26.2 Å². The van der Waals surface area contributed by atoms with Crippen LogP contribution in [0.1, 0.15) is 63.5 Å². The molecule has 2 saturated heterocycles. The van der Waals surface area contributed by atoms with Crippen molar-refractivity contribution in [3.8, 4) is 5.75 Å². The van der Waals surface area contributed by atoms with Gasteiger partial charge in [0.1, 0.15) is 11.3 Å². The van der Waals surface area contributed by atoms with E-state index in [0.717, 1.165) is 43.0 Å². The third-order valence-electron chi connectivity index (χ3n) is 9.63. The third-order valence-corrected chi connectivity index (χ3v) is 9.63. The number of carbonyl (C=O) groups excluding carboxylic acids is 2. The van der Waals surface area contributed by atoms with Crippen LogP contribution in [0, 0.1) is 5.92 Å². The van der Waals surface area contributed by atoms with Crippen LogP contribution in [-0.2, 0) is 16.6 Å². The van der Waals surface area contributed by atoms with Gasteiger partial charge in [-0.05, 0) is 94.5 Å². The van der Waals surface area contributed by atoms with Gasteiger partial charge in [-0.15, -0.1) is 0 Å². The molecule has 2 bridgehead atoms. The van der Waals surface area contributed by atoms with Crippen LogP contribution in [0.2, 0.25) is 0 Å². The molecule has 6 rings (SSSR count). The lowest BCUT2D eigenvalue weighted by molar-refractivity contribution is -0.188. The fourth-order valence-electron chi connectivity index (χ4n) is 7.88. The van der Waals surface area contributed by atoms with E-state index in [9.17, 15) is 19.8 Å². The Kier molecular flexibility index (Phi) is 4.51. The number of phenolic OH excluding ortho intramolecular Hbond substituents is 1. The summed E-state index contributed by atoms with van der Waals surface area (Å²) in [7, 11) is 0. The van der Waals surface area contributed by atoms with Gasteiger partial charge in [0, 0.05) is 31.1 Å². The summed E-state index contributed by atoms with van der Waals surface area (Å²) in [5.74, 6) is 0.817. The minimum atomic E-state index is -0.978. The highest BCUT2D eigenvalue weighted by molar-refractivity contribution is 6.07. The average molecular weight is 454 g/mol. The molecule has 3 aliphatic carbocycles. The van der Waals surface area contributed by atoms with Crippen LogP contribution in [0.4, 0.5) is 4.79 Å². The van der Waals surface area contributed by atoms with Gasteiger partial charge in [0.25, 0.3) is 5.91 Å². The number of imide groups is 1. The lowest BCUT2D eigenvalue weighted by Crippen LogP contribution is -2.76. The van der Waals surface area contributed by atoms with Gasteiger partial charge >= 0.3 is 6.03 Å². The Morgan fingerprint density at radius 1 is 1.09 bits per heavy atom. The average Bonchev–Trinajstić information content (AvgIpc) is 3.58. The Labute approximate surface area is 195 Å². The summed E-state index contributed by atoms with van der Waals surface area (Å²) in [5.41, 5.74) is -0.411. The monoisotopic (exact) mass is 453 g/mol. The van der Waals surface area contributed by atoms with E-state index in [1.807, 2.05) is 26.0 Å². The summed E-state index contributed by atoms with van der Waals surface area (Å²) in [6, 6.07) is 5.35. The van der Waals surface area contributed by atoms with E-state index in [-0.39, 0.29) is 23.7 Å². The van der Waals surface area contributed by atoms with Crippen molar-refractivity contribution in [1.29, 1.82) is 0 Å². The van der Waals surface area contributed by atoms with Crippen molar-refractivity contribution in [2.45, 2.75) is 81.4 Å². The van der Waals surface area contributed by atoms with E-state index in [1.165, 1.54) is 17.7 Å². The fraction of sp³-hybridized carbons (Fsp3) is 0.692. The van der Waals surface area contributed by atoms with Gasteiger partial charge < -0.3 is 15.1 Å². The highest BCUT2D eigenvalue weighted by Gasteiger charge is 2.71. The maximum Gasteiger partial charge on any atom is 0.327 e. The molecule has 0 unspecified atom stereocenters. The topological polar surface area (TPSA) is 84.3 Å². The summed E-state index contributed by atoms with van der Waals surface area (Å²) < 4.78 is 0. The highest BCUT2D eigenvalue weighted by atomic mass is 16.3. The number of amides is 3. The number of fused-ring (bicyclic) bond motifs is 1. The lowest BCUT2D eigenvalue weighted by Gasteiger charge is -2.66. The van der Waals surface area contributed by atoms with Crippen LogP contribution in [0.15, 0.2) is 18.2 Å². The zero-order valence-corrected chi connectivity index (χ0v) is 19.7. The quantitative estimate of drug-likeness (QED) is 0.685. The number of likely N-dealkylation sites (N-methyl/N-ethyl adjacent to an activating group) is 2. The van der Waals surface area contributed by atoms with Crippen LogP contribution in [0.25, 0.3) is 0 Å². The molecule has 178 valence electrons. The molecule has 2 heterocycles. The Morgan fingerprint density at radius 2 is 1.88 bits per heavy atom. The van der Waals surface area contributed by atoms with E-state index in [1.54, 1.807) is 11.0 Å². The first-order valence-electron chi connectivity index (χ1n) is 12.7. The number of aromatic hydroxyl groups is 1. The first kappa shape index (κ1) is 21.4. The molecule has 1 aromatic rings. The Morgan fingerprint density at radius 3 is 2.58 bits per heavy atom. The molecule has 4 fully saturated rings. The van der Waals surface area contributed by atoms with E-state index in [0.29, 0.717) is 32.4 Å². The van der Waals surface area contributed by atoms with Crippen LogP contribution >= 0.6 is 0 Å². The zero-order valence-electron chi connectivity index (χ0n) is 19.7. The number of hydrogen-bond donors (Lipinski definition) is 2. The number of aliphatic hydroxyl groups is 1. The highest BCUT2D eigenvalue weighted by Crippen LogP contribution is 2.62. The first-order valence-corrected chi connectivity index (χ1v) is 12.7. The smallest absolute Gasteiger partial charge is 0.327 e. The molecule has 1 aromatic carbocycles. The summed E-state index contributed by atoms with van der Waals surface area (Å²) in [6.45, 7) is 6.53. The number of urea groups is 1. The van der Waals surface area contributed by atoms with Crippen LogP contribution in [0.3, 0.4) is 0 Å². The molecule has 7 heteroatoms. The van der Waals surface area contributed by atoms with Crippen LogP contribution in [0.5, 0.6) is 5.75 Å². The Balaban J connectivity index is 1.50. The van der Waals surface area contributed by atoms with Gasteiger partial charge in [-0.2, -0.15) is 0 Å². The minimum absolute atomic E-state index is 0.00537. The SMILES string of the molecule is CCN1C(=O)N(CC)[C@]2(CC[C@@]3(O)[C@H]4Cc5ccc(O)cc5[C@@]3(CCN4CC3CC3)C2)C1=O. The molecule has 2 aliphatic heterocycles. The second-order valence-corrected chi connectivity index (χ2v) is 11.0. The van der Waals surface area contributed by atoms with Gasteiger partial charge in [-0.1, -0.05) is 6.07 Å². The molecule has 3 amide bonds. The van der Waals surface area contributed by atoms with Crippen LogP contribution < -0.4 is 0 Å². The maximum atomic E-state index is 13.7. The number of nitrogens with zero attached hydrogens (tertiary/aromatic N) is 3. The van der Waals surface area contributed by atoms with Crippen LogP contribution in [-0.4, -0.2) is 80.2 Å². The number of likely N-dealkylation sites (tertiary alicyclic amines) is 1. The van der Waals surface area contributed by atoms with Gasteiger partial charge in [0.2, 0.25) is 0 Å². The molecule has 2 saturated carbocycles. The summed E-state index contributed by atoms with van der Waals surface area (Å²) in [5, 5.41) is 23.0. The fourth-order valence-corrected chi connectivity index (χ4v) is 7.88. The summed E-state index contributed by atoms with van der Waals surface area (Å²) in [6.07, 6.45) is 5.44. The van der Waals surface area contributed by atoms with Gasteiger partial charge in [-0.25, -0.2) is 4.79 Å². The second-order valence-electron chi connectivity index (χ2n) is 11.0. The number of hydrogen-bond acceptors (Lipinski definition) is 5. The normalized spacial score (nSPS) is 38.1. The molecule has 4 atom stereocenters. The van der Waals surface area contributed by atoms with E-state index < -0.39 is 16.6 Å². The van der Waals surface area contributed by atoms with Crippen molar-refractivity contribution in [1.82, 2.24) is 14.7 Å². The van der Waals surface area contributed by atoms with E-state index in [2.05, 4.69) is 4.90 Å². The molecule has 1 spiro atoms. The molecule has 2 N–H and O–H groups in total. The second kappa shape index (κ2) is 6.95. The summed E-state index contributed by atoms with van der Waals surface area (Å²) >= 11 is 0. The molecule has 0 radical (unpaired) electrons. The van der Waals surface area contributed by atoms with Gasteiger partial charge in [0.05, 0.1) is 5.60 Å². The third kappa shape index (κ3) is 2.64. The number of phenols is 1. The number of rotatable bonds is 4. The van der Waals surface area contributed by atoms with Gasteiger partial charge in [-0.3, -0.25) is 14.6 Å². The zero-order chi connectivity index (χ0) is 23.2. The molecule has 5 aliphatic rings. The number of piperidine rings is 1. The first-order chi connectivity index (χ1) is 15.8. The van der Waals surface area contributed by atoms with E-state index in [4.69, 9.17) is 0 Å². The predicted octanol–water partition coefficient (Wildman–Crippen LogP) is 2.63. The molecule has 7 nitrogen and oxygen atoms in total. The predicted molar refractivity (Wildman–Crippen MR) is 123 cm³/mol. The minimum Gasteiger partial charge on any atom is -0.508 e. The molecule has 33 heavy (non-hydrogen) atoms.